The van der Waals surface area contributed by atoms with Crippen LogP contribution in [0.2, 0.25) is 0 Å². The van der Waals surface area contributed by atoms with Crippen LogP contribution in [0.3, 0.4) is 0 Å². The van der Waals surface area contributed by atoms with Crippen molar-refractivity contribution in [3.05, 3.63) is 65.7 Å². The minimum atomic E-state index is -0.677. The monoisotopic (exact) mass is 396 g/mol. The van der Waals surface area contributed by atoms with Crippen LogP contribution < -0.4 is 15.6 Å². The second-order valence-electron chi connectivity index (χ2n) is 7.57. The number of nitrogens with two attached hydrogens (primary N) is 1. The highest BCUT2D eigenvalue weighted by molar-refractivity contribution is 6.11. The lowest BCUT2D eigenvalue weighted by molar-refractivity contribution is 0.578. The molecule has 2 aromatic carbocycles. The fourth-order valence-electron chi connectivity index (χ4n) is 3.98. The van der Waals surface area contributed by atoms with Gasteiger partial charge in [-0.3, -0.25) is 0 Å². The van der Waals surface area contributed by atoms with E-state index in [-0.39, 0.29) is 0 Å². The molecule has 0 spiro atoms. The van der Waals surface area contributed by atoms with Crippen molar-refractivity contribution in [2.24, 2.45) is 16.8 Å². The molecular weight excluding hydrogens is 372 g/mol. The van der Waals surface area contributed by atoms with Gasteiger partial charge >= 0.3 is 0 Å². The number of hydrazone groups is 1. The molecule has 0 aromatic heterocycles. The smallest absolute Gasteiger partial charge is 0.127 e. The highest BCUT2D eigenvalue weighted by Crippen LogP contribution is 2.29. The van der Waals surface area contributed by atoms with Crippen molar-refractivity contribution in [1.29, 1.82) is 10.5 Å². The third kappa shape index (κ3) is 3.91. The number of rotatable bonds is 4. The summed E-state index contributed by atoms with van der Waals surface area (Å²) >= 11 is 0. The fourth-order valence-corrected chi connectivity index (χ4v) is 3.98. The minimum Gasteiger partial charge on any atom is -0.372 e. The van der Waals surface area contributed by atoms with Gasteiger partial charge in [0.25, 0.3) is 0 Å². The summed E-state index contributed by atoms with van der Waals surface area (Å²) in [5, 5.41) is 25.6. The molecule has 0 radical (unpaired) electrons. The molecule has 4 rings (SSSR count). The number of allylic oxidation sites excluding steroid dienone is 1. The van der Waals surface area contributed by atoms with E-state index in [0.717, 1.165) is 24.3 Å². The molecule has 2 aliphatic rings. The van der Waals surface area contributed by atoms with Crippen LogP contribution >= 0.6 is 0 Å². The van der Waals surface area contributed by atoms with Gasteiger partial charge in [0, 0.05) is 18.8 Å². The summed E-state index contributed by atoms with van der Waals surface area (Å²) in [6, 6.07) is 22.1. The van der Waals surface area contributed by atoms with Gasteiger partial charge in [0.2, 0.25) is 0 Å². The SMILES string of the molecule is N#C/C(=C\c1ccc(N2CCCCC2)cc1)C1=NN(c2ccccc2)[C@H](N)[C@@H]1C#N. The van der Waals surface area contributed by atoms with Crippen molar-refractivity contribution in [2.75, 3.05) is 23.0 Å². The largest absolute Gasteiger partial charge is 0.372 e. The normalized spacial score (nSPS) is 21.7. The summed E-state index contributed by atoms with van der Waals surface area (Å²) in [5.74, 6) is -0.677. The van der Waals surface area contributed by atoms with E-state index in [1.54, 1.807) is 11.1 Å². The van der Waals surface area contributed by atoms with Crippen LogP contribution in [-0.2, 0) is 0 Å². The lowest BCUT2D eigenvalue weighted by atomic mass is 9.95. The summed E-state index contributed by atoms with van der Waals surface area (Å²) in [4.78, 5) is 2.39. The van der Waals surface area contributed by atoms with Crippen LogP contribution in [0, 0.1) is 28.6 Å². The highest BCUT2D eigenvalue weighted by atomic mass is 15.5. The van der Waals surface area contributed by atoms with E-state index in [2.05, 4.69) is 34.3 Å². The Balaban J connectivity index is 1.61. The third-order valence-electron chi connectivity index (χ3n) is 5.62. The zero-order chi connectivity index (χ0) is 20.9. The van der Waals surface area contributed by atoms with Crippen LogP contribution in [-0.4, -0.2) is 25.0 Å². The molecule has 2 heterocycles. The molecule has 0 unspecified atom stereocenters. The zero-order valence-electron chi connectivity index (χ0n) is 16.8. The lowest BCUT2D eigenvalue weighted by Gasteiger charge is -2.28. The maximum atomic E-state index is 9.79. The second kappa shape index (κ2) is 8.82. The van der Waals surface area contributed by atoms with Crippen LogP contribution in [0.4, 0.5) is 11.4 Å². The number of anilines is 2. The first kappa shape index (κ1) is 19.7. The molecule has 1 fully saturated rings. The number of piperidine rings is 1. The van der Waals surface area contributed by atoms with Crippen LogP contribution in [0.5, 0.6) is 0 Å². The number of hydrogen-bond acceptors (Lipinski definition) is 6. The minimum absolute atomic E-state index is 0.362. The zero-order valence-corrected chi connectivity index (χ0v) is 16.8. The number of hydrogen-bond donors (Lipinski definition) is 1. The molecule has 2 N–H and O–H groups in total. The van der Waals surface area contributed by atoms with Gasteiger partial charge in [-0.05, 0) is 55.2 Å². The molecule has 0 bridgehead atoms. The molecule has 0 amide bonds. The summed E-state index contributed by atoms with van der Waals surface area (Å²) < 4.78 is 0. The Labute approximate surface area is 177 Å². The van der Waals surface area contributed by atoms with E-state index >= 15 is 0 Å². The molecule has 0 saturated carbocycles. The molecule has 6 nitrogen and oxygen atoms in total. The van der Waals surface area contributed by atoms with E-state index in [1.165, 1.54) is 24.9 Å². The number of benzene rings is 2. The Kier molecular flexibility index (Phi) is 5.79. The standard InChI is InChI=1S/C24H24N6/c25-16-19(15-18-9-11-20(12-10-18)29-13-5-2-6-14-29)23-22(17-26)24(27)30(28-23)21-7-3-1-4-8-21/h1,3-4,7-12,15,22,24H,2,5-6,13-14,27H2/b19-15+/t22-,24+/m1/s1. The van der Waals surface area contributed by atoms with E-state index in [1.807, 2.05) is 42.5 Å². The van der Waals surface area contributed by atoms with Crippen molar-refractivity contribution in [3.63, 3.8) is 0 Å². The Morgan fingerprint density at radius 3 is 2.30 bits per heavy atom. The summed E-state index contributed by atoms with van der Waals surface area (Å²) in [6.45, 7) is 2.18. The van der Waals surface area contributed by atoms with Crippen molar-refractivity contribution in [1.82, 2.24) is 0 Å². The summed E-state index contributed by atoms with van der Waals surface area (Å²) in [6.07, 6.45) is 4.91. The highest BCUT2D eigenvalue weighted by Gasteiger charge is 2.37. The van der Waals surface area contributed by atoms with Gasteiger partial charge in [0.05, 0.1) is 23.0 Å². The lowest BCUT2D eigenvalue weighted by Crippen LogP contribution is -2.40. The second-order valence-corrected chi connectivity index (χ2v) is 7.57. The Bertz CT molecular complexity index is 1020. The number of nitrogens with zero attached hydrogens (tertiary/aromatic N) is 5. The van der Waals surface area contributed by atoms with Gasteiger partial charge in [-0.15, -0.1) is 0 Å². The van der Waals surface area contributed by atoms with Crippen molar-refractivity contribution in [2.45, 2.75) is 25.4 Å². The van der Waals surface area contributed by atoms with Gasteiger partial charge in [0.1, 0.15) is 18.2 Å². The van der Waals surface area contributed by atoms with Crippen molar-refractivity contribution in [3.8, 4) is 12.1 Å². The van der Waals surface area contributed by atoms with E-state index < -0.39 is 12.1 Å². The van der Waals surface area contributed by atoms with E-state index in [9.17, 15) is 10.5 Å². The van der Waals surface area contributed by atoms with Crippen LogP contribution in [0.25, 0.3) is 6.08 Å². The average Bonchev–Trinajstić information content (AvgIpc) is 3.15. The first-order valence-electron chi connectivity index (χ1n) is 10.3. The van der Waals surface area contributed by atoms with Gasteiger partial charge in [-0.2, -0.15) is 15.6 Å². The Morgan fingerprint density at radius 2 is 1.67 bits per heavy atom. The van der Waals surface area contributed by atoms with Crippen LogP contribution in [0.15, 0.2) is 65.3 Å². The average molecular weight is 396 g/mol. The van der Waals surface area contributed by atoms with Crippen molar-refractivity contribution < 1.29 is 0 Å². The first-order valence-corrected chi connectivity index (χ1v) is 10.3. The molecule has 2 aliphatic heterocycles. The molecule has 2 atom stereocenters. The molecule has 0 aliphatic carbocycles. The summed E-state index contributed by atoms with van der Waals surface area (Å²) in [5.41, 5.74) is 9.97. The number of para-hydroxylation sites is 1. The molecule has 1 saturated heterocycles. The predicted molar refractivity (Wildman–Crippen MR) is 120 cm³/mol. The van der Waals surface area contributed by atoms with Gasteiger partial charge < -0.3 is 10.6 Å². The molecule has 2 aromatic rings. The topological polar surface area (TPSA) is 92.4 Å². The number of nitriles is 2. The fraction of sp³-hybridized carbons (Fsp3) is 0.292. The van der Waals surface area contributed by atoms with Crippen LogP contribution in [0.1, 0.15) is 24.8 Å². The molecule has 30 heavy (non-hydrogen) atoms. The maximum Gasteiger partial charge on any atom is 0.127 e. The van der Waals surface area contributed by atoms with Gasteiger partial charge in [0.15, 0.2) is 0 Å². The third-order valence-corrected chi connectivity index (χ3v) is 5.62. The molecular formula is C24H24N6. The molecule has 150 valence electrons. The quantitative estimate of drug-likeness (QED) is 0.792. The maximum absolute atomic E-state index is 9.79. The van der Waals surface area contributed by atoms with Gasteiger partial charge in [-0.1, -0.05) is 30.3 Å². The Morgan fingerprint density at radius 1 is 0.967 bits per heavy atom. The molecule has 6 heteroatoms. The van der Waals surface area contributed by atoms with Crippen molar-refractivity contribution >= 4 is 23.2 Å². The first-order chi connectivity index (χ1) is 14.7. The predicted octanol–water partition coefficient (Wildman–Crippen LogP) is 3.88. The van der Waals surface area contributed by atoms with E-state index in [4.69, 9.17) is 5.73 Å². The Hall–Kier alpha value is -3.61. The summed E-state index contributed by atoms with van der Waals surface area (Å²) in [7, 11) is 0. The van der Waals surface area contributed by atoms with E-state index in [0.29, 0.717) is 11.3 Å². The van der Waals surface area contributed by atoms with Gasteiger partial charge in [-0.25, -0.2) is 5.01 Å².